The molecule has 1 aromatic carbocycles. The molecule has 3 rings (SSSR count). The van der Waals surface area contributed by atoms with Gasteiger partial charge in [0.1, 0.15) is 6.04 Å². The molecule has 1 unspecified atom stereocenters. The van der Waals surface area contributed by atoms with Crippen LogP contribution in [0.5, 0.6) is 0 Å². The van der Waals surface area contributed by atoms with Crippen molar-refractivity contribution in [2.45, 2.75) is 25.9 Å². The van der Waals surface area contributed by atoms with Gasteiger partial charge in [0.25, 0.3) is 5.91 Å². The Morgan fingerprint density at radius 3 is 2.68 bits per heavy atom. The summed E-state index contributed by atoms with van der Waals surface area (Å²) in [6, 6.07) is 11.2. The highest BCUT2D eigenvalue weighted by Crippen LogP contribution is 2.14. The first-order chi connectivity index (χ1) is 13.5. The number of nitrogens with one attached hydrogen (secondary N) is 2. The lowest BCUT2D eigenvalue weighted by Crippen LogP contribution is -2.45. The van der Waals surface area contributed by atoms with Crippen LogP contribution >= 0.6 is 11.6 Å². The first-order valence-electron chi connectivity index (χ1n) is 8.84. The smallest absolute Gasteiger partial charge is 0.350 e. The fraction of sp³-hybridized carbons (Fsp3) is 0.263. The van der Waals surface area contributed by atoms with Crippen molar-refractivity contribution in [2.24, 2.45) is 0 Å². The molecule has 0 radical (unpaired) electrons. The molecule has 2 amide bonds. The summed E-state index contributed by atoms with van der Waals surface area (Å²) in [6.07, 6.45) is 2.19. The summed E-state index contributed by atoms with van der Waals surface area (Å²) in [5.41, 5.74) is 0.671. The molecule has 0 fully saturated rings. The minimum absolute atomic E-state index is 0.220. The molecule has 9 heteroatoms. The molecule has 28 heavy (non-hydrogen) atoms. The number of hydrogen-bond donors (Lipinski definition) is 2. The van der Waals surface area contributed by atoms with Crippen molar-refractivity contribution in [3.63, 3.8) is 0 Å². The zero-order valence-corrected chi connectivity index (χ0v) is 16.0. The molecule has 0 spiro atoms. The van der Waals surface area contributed by atoms with E-state index in [0.29, 0.717) is 35.7 Å². The second-order valence-electron chi connectivity index (χ2n) is 6.25. The van der Waals surface area contributed by atoms with Gasteiger partial charge in [0.15, 0.2) is 5.65 Å². The highest BCUT2D eigenvalue weighted by Gasteiger charge is 2.17. The van der Waals surface area contributed by atoms with Crippen molar-refractivity contribution in [1.29, 1.82) is 0 Å². The van der Waals surface area contributed by atoms with Gasteiger partial charge in [0.2, 0.25) is 5.91 Å². The molecule has 1 atom stereocenters. The largest absolute Gasteiger partial charge is 0.354 e. The summed E-state index contributed by atoms with van der Waals surface area (Å²) < 4.78 is 2.83. The number of aryl methyl sites for hydroxylation is 1. The molecule has 0 saturated carbocycles. The quantitative estimate of drug-likeness (QED) is 0.586. The zero-order chi connectivity index (χ0) is 20.1. The van der Waals surface area contributed by atoms with E-state index in [1.54, 1.807) is 49.5 Å². The van der Waals surface area contributed by atoms with Crippen molar-refractivity contribution in [1.82, 2.24) is 24.8 Å². The summed E-state index contributed by atoms with van der Waals surface area (Å²) in [5.74, 6) is -0.729. The van der Waals surface area contributed by atoms with Crippen molar-refractivity contribution >= 4 is 29.1 Å². The van der Waals surface area contributed by atoms with Gasteiger partial charge in [-0.3, -0.25) is 14.0 Å². The number of aromatic nitrogens is 3. The predicted octanol–water partition coefficient (Wildman–Crippen LogP) is 1.47. The fourth-order valence-corrected chi connectivity index (χ4v) is 2.91. The number of rotatable bonds is 7. The van der Waals surface area contributed by atoms with Crippen LogP contribution in [0.25, 0.3) is 5.65 Å². The monoisotopic (exact) mass is 401 g/mol. The maximum absolute atomic E-state index is 12.2. The molecular weight excluding hydrogens is 382 g/mol. The average Bonchev–Trinajstić information content (AvgIpc) is 3.01. The van der Waals surface area contributed by atoms with E-state index >= 15 is 0 Å². The molecule has 0 aliphatic heterocycles. The van der Waals surface area contributed by atoms with Crippen molar-refractivity contribution in [3.05, 3.63) is 69.7 Å². The lowest BCUT2D eigenvalue weighted by molar-refractivity contribution is -0.122. The van der Waals surface area contributed by atoms with E-state index in [1.807, 2.05) is 6.07 Å². The second-order valence-corrected chi connectivity index (χ2v) is 6.66. The minimum Gasteiger partial charge on any atom is -0.354 e. The molecule has 0 saturated heterocycles. The van der Waals surface area contributed by atoms with Crippen LogP contribution in [0.4, 0.5) is 0 Å². The lowest BCUT2D eigenvalue weighted by atomic mass is 10.2. The topological polar surface area (TPSA) is 97.5 Å². The number of amides is 2. The Morgan fingerprint density at radius 2 is 1.93 bits per heavy atom. The van der Waals surface area contributed by atoms with Gasteiger partial charge in [-0.15, -0.1) is 5.10 Å². The van der Waals surface area contributed by atoms with E-state index in [9.17, 15) is 14.4 Å². The lowest BCUT2D eigenvalue weighted by Gasteiger charge is -2.14. The van der Waals surface area contributed by atoms with Crippen molar-refractivity contribution < 1.29 is 9.59 Å². The summed E-state index contributed by atoms with van der Waals surface area (Å²) in [7, 11) is 0. The van der Waals surface area contributed by atoms with Crippen LogP contribution < -0.4 is 16.3 Å². The standard InChI is InChI=1S/C19H20ClN5O3/c1-13(22-18(27)14-7-2-3-8-15(14)20)17(26)21-10-6-12-25-19(28)24-11-5-4-9-16(24)23-25/h2-5,7-9,11,13H,6,10,12H2,1H3,(H,21,26)(H,22,27). The van der Waals surface area contributed by atoms with E-state index < -0.39 is 11.9 Å². The third-order valence-electron chi connectivity index (χ3n) is 4.19. The number of fused-ring (bicyclic) bond motifs is 1. The molecular formula is C19H20ClN5O3. The first kappa shape index (κ1) is 19.6. The maximum Gasteiger partial charge on any atom is 0.350 e. The third kappa shape index (κ3) is 4.40. The summed E-state index contributed by atoms with van der Waals surface area (Å²) in [4.78, 5) is 36.5. The maximum atomic E-state index is 12.2. The SMILES string of the molecule is CC(NC(=O)c1ccccc1Cl)C(=O)NCCCn1nc2ccccn2c1=O. The van der Waals surface area contributed by atoms with Crippen LogP contribution in [-0.2, 0) is 11.3 Å². The molecule has 146 valence electrons. The average molecular weight is 402 g/mol. The molecule has 8 nitrogen and oxygen atoms in total. The highest BCUT2D eigenvalue weighted by atomic mass is 35.5. The third-order valence-corrected chi connectivity index (χ3v) is 4.52. The molecule has 2 aromatic heterocycles. The fourth-order valence-electron chi connectivity index (χ4n) is 2.69. The van der Waals surface area contributed by atoms with Gasteiger partial charge in [-0.05, 0) is 37.6 Å². The molecule has 2 N–H and O–H groups in total. The molecule has 0 aliphatic carbocycles. The number of halogens is 1. The minimum atomic E-state index is -0.721. The predicted molar refractivity (Wildman–Crippen MR) is 105 cm³/mol. The van der Waals surface area contributed by atoms with Gasteiger partial charge < -0.3 is 10.6 Å². The van der Waals surface area contributed by atoms with Gasteiger partial charge >= 0.3 is 5.69 Å². The Kier molecular flexibility index (Phi) is 6.10. The van der Waals surface area contributed by atoms with Crippen LogP contribution in [0.2, 0.25) is 5.02 Å². The normalized spacial score (nSPS) is 11.9. The number of hydrogen-bond acceptors (Lipinski definition) is 4. The summed E-state index contributed by atoms with van der Waals surface area (Å²) in [6.45, 7) is 2.32. The first-order valence-corrected chi connectivity index (χ1v) is 9.22. The zero-order valence-electron chi connectivity index (χ0n) is 15.3. The Bertz CT molecular complexity index is 1060. The van der Waals surface area contributed by atoms with Gasteiger partial charge in [-0.1, -0.05) is 29.8 Å². The Balaban J connectivity index is 1.47. The van der Waals surface area contributed by atoms with E-state index in [-0.39, 0.29) is 11.6 Å². The Labute approximate surface area is 166 Å². The van der Waals surface area contributed by atoms with Gasteiger partial charge in [-0.2, -0.15) is 0 Å². The highest BCUT2D eigenvalue weighted by molar-refractivity contribution is 6.33. The van der Waals surface area contributed by atoms with Crippen molar-refractivity contribution in [2.75, 3.05) is 6.54 Å². The van der Waals surface area contributed by atoms with E-state index in [0.717, 1.165) is 0 Å². The van der Waals surface area contributed by atoms with E-state index in [1.165, 1.54) is 9.08 Å². The molecule has 3 aromatic rings. The van der Waals surface area contributed by atoms with Crippen LogP contribution in [0, 0.1) is 0 Å². The van der Waals surface area contributed by atoms with Gasteiger partial charge in [0, 0.05) is 19.3 Å². The number of pyridine rings is 1. The number of nitrogens with zero attached hydrogens (tertiary/aromatic N) is 3. The van der Waals surface area contributed by atoms with Crippen LogP contribution in [0.1, 0.15) is 23.7 Å². The Hall–Kier alpha value is -3.13. The molecule has 0 bridgehead atoms. The van der Waals surface area contributed by atoms with Gasteiger partial charge in [0.05, 0.1) is 10.6 Å². The molecule has 0 aliphatic rings. The van der Waals surface area contributed by atoms with E-state index in [2.05, 4.69) is 15.7 Å². The second kappa shape index (κ2) is 8.71. The summed E-state index contributed by atoms with van der Waals surface area (Å²) in [5, 5.41) is 9.91. The summed E-state index contributed by atoms with van der Waals surface area (Å²) >= 11 is 5.99. The van der Waals surface area contributed by atoms with Crippen molar-refractivity contribution in [3.8, 4) is 0 Å². The van der Waals surface area contributed by atoms with E-state index in [4.69, 9.17) is 11.6 Å². The van der Waals surface area contributed by atoms with Crippen LogP contribution in [0.15, 0.2) is 53.5 Å². The number of carbonyl (C=O) groups excluding carboxylic acids is 2. The number of benzene rings is 1. The number of carbonyl (C=O) groups is 2. The van der Waals surface area contributed by atoms with Crippen LogP contribution in [0.3, 0.4) is 0 Å². The molecule has 2 heterocycles. The van der Waals surface area contributed by atoms with Gasteiger partial charge in [-0.25, -0.2) is 9.48 Å². The Morgan fingerprint density at radius 1 is 1.18 bits per heavy atom. The van der Waals surface area contributed by atoms with Crippen LogP contribution in [-0.4, -0.2) is 38.6 Å².